The number of nitrogens with one attached hydrogen (secondary N) is 1. The maximum atomic E-state index is 15.3. The molecule has 17 heteroatoms. The quantitative estimate of drug-likeness (QED) is 0.191. The number of halogens is 6. The molecule has 11 nitrogen and oxygen atoms in total. The molecule has 3 amide bonds. The Hall–Kier alpha value is -4.83. The van der Waals surface area contributed by atoms with E-state index in [4.69, 9.17) is 26.8 Å². The van der Waals surface area contributed by atoms with Crippen LogP contribution in [0.5, 0.6) is 11.5 Å². The Morgan fingerprint density at radius 2 is 1.69 bits per heavy atom. The summed E-state index contributed by atoms with van der Waals surface area (Å²) in [5.74, 6) is -2.85. The molecule has 3 aromatic carbocycles. The molecule has 1 aliphatic heterocycles. The number of hydrogen-bond acceptors (Lipinski definition) is 6. The standard InChI is InChI=1S/C34H31BrClF4N5O6/c1-18(23-10-9-22(15-26(23)37)51-33(2,3)31(41)48)42-29(46)28-27-16-43(30(47)19-4-11-24(35)25(36)14-19)12-13-44(27)32(49)45(28)20-5-7-21(8-6-20)50-17-34(38,39)40/h4-11,14-15,18H,12-13,16-17H2,1-3H3,(H2,41,48)(H,42,46)/t18-/m0/s1. The molecule has 3 N–H and O–H groups in total. The zero-order chi connectivity index (χ0) is 37.4. The van der Waals surface area contributed by atoms with Crippen molar-refractivity contribution >= 4 is 45.3 Å². The van der Waals surface area contributed by atoms with Crippen LogP contribution in [0.25, 0.3) is 5.69 Å². The highest BCUT2D eigenvalue weighted by Crippen LogP contribution is 2.29. The lowest BCUT2D eigenvalue weighted by Crippen LogP contribution is -2.43. The minimum absolute atomic E-state index is 0.0114. The van der Waals surface area contributed by atoms with Crippen molar-refractivity contribution < 1.29 is 41.4 Å². The number of alkyl halides is 3. The maximum absolute atomic E-state index is 15.3. The number of nitrogens with zero attached hydrogens (tertiary/aromatic N) is 3. The second kappa shape index (κ2) is 14.4. The van der Waals surface area contributed by atoms with E-state index in [9.17, 15) is 32.3 Å². The van der Waals surface area contributed by atoms with E-state index in [0.29, 0.717) is 9.50 Å². The predicted molar refractivity (Wildman–Crippen MR) is 182 cm³/mol. The van der Waals surface area contributed by atoms with Gasteiger partial charge in [-0.05, 0) is 85.2 Å². The second-order valence-electron chi connectivity index (χ2n) is 12.2. The third-order valence-corrected chi connectivity index (χ3v) is 9.33. The molecule has 1 atom stereocenters. The first-order chi connectivity index (χ1) is 23.9. The fraction of sp³-hybridized carbons (Fsp3) is 0.294. The topological polar surface area (TPSA) is 138 Å². The maximum Gasteiger partial charge on any atom is 0.422 e. The van der Waals surface area contributed by atoms with Crippen LogP contribution in [0.3, 0.4) is 0 Å². The lowest BCUT2D eigenvalue weighted by molar-refractivity contribution is -0.153. The van der Waals surface area contributed by atoms with Gasteiger partial charge in [-0.2, -0.15) is 13.2 Å². The molecule has 0 radical (unpaired) electrons. The number of imidazole rings is 1. The van der Waals surface area contributed by atoms with Crippen LogP contribution in [-0.4, -0.2) is 56.7 Å². The minimum Gasteiger partial charge on any atom is -0.484 e. The average molecular weight is 797 g/mol. The van der Waals surface area contributed by atoms with Crippen LogP contribution in [0, 0.1) is 5.82 Å². The molecule has 0 spiro atoms. The van der Waals surface area contributed by atoms with E-state index in [0.717, 1.165) is 10.6 Å². The molecule has 0 fully saturated rings. The SMILES string of the molecule is C[C@H](NC(=O)c1c2n(c(=O)n1-c1ccc(OCC(F)(F)F)cc1)CCN(C(=O)c1ccc(Br)c(Cl)c1)C2)c1ccc(OC(C)(C)C(N)=O)cc1F. The third kappa shape index (κ3) is 8.22. The van der Waals surface area contributed by atoms with E-state index in [1.165, 1.54) is 72.7 Å². The van der Waals surface area contributed by atoms with Crippen LogP contribution >= 0.6 is 27.5 Å². The fourth-order valence-corrected chi connectivity index (χ4v) is 5.81. The highest BCUT2D eigenvalue weighted by Gasteiger charge is 2.34. The summed E-state index contributed by atoms with van der Waals surface area (Å²) >= 11 is 9.50. The van der Waals surface area contributed by atoms with Crippen molar-refractivity contribution in [3.8, 4) is 17.2 Å². The van der Waals surface area contributed by atoms with Crippen molar-refractivity contribution in [2.45, 2.75) is 51.7 Å². The molecule has 1 aliphatic rings. The number of rotatable bonds is 10. The molecule has 5 rings (SSSR count). The summed E-state index contributed by atoms with van der Waals surface area (Å²) in [6, 6.07) is 12.6. The zero-order valence-corrected chi connectivity index (χ0v) is 29.7. The molecule has 51 heavy (non-hydrogen) atoms. The monoisotopic (exact) mass is 795 g/mol. The molecular formula is C34H31BrClF4N5O6. The summed E-state index contributed by atoms with van der Waals surface area (Å²) in [7, 11) is 0. The Morgan fingerprint density at radius 1 is 1.02 bits per heavy atom. The first-order valence-corrected chi connectivity index (χ1v) is 16.5. The number of amides is 3. The van der Waals surface area contributed by atoms with Gasteiger partial charge in [0.2, 0.25) is 0 Å². The van der Waals surface area contributed by atoms with E-state index in [-0.39, 0.29) is 59.3 Å². The Kier molecular flexibility index (Phi) is 10.6. The van der Waals surface area contributed by atoms with Gasteiger partial charge in [-0.1, -0.05) is 17.7 Å². The Balaban J connectivity index is 1.50. The van der Waals surface area contributed by atoms with Gasteiger partial charge in [0.1, 0.15) is 23.0 Å². The van der Waals surface area contributed by atoms with Crippen molar-refractivity contribution in [1.29, 1.82) is 0 Å². The van der Waals surface area contributed by atoms with E-state index < -0.39 is 53.7 Å². The Bertz CT molecular complexity index is 2070. The fourth-order valence-electron chi connectivity index (χ4n) is 5.38. The smallest absolute Gasteiger partial charge is 0.422 e. The van der Waals surface area contributed by atoms with Crippen molar-refractivity contribution in [2.75, 3.05) is 13.2 Å². The van der Waals surface area contributed by atoms with Gasteiger partial charge in [-0.15, -0.1) is 0 Å². The Labute approximate surface area is 302 Å². The van der Waals surface area contributed by atoms with Crippen LogP contribution in [0.15, 0.2) is 69.9 Å². The second-order valence-corrected chi connectivity index (χ2v) is 13.4. The lowest BCUT2D eigenvalue weighted by atomic mass is 10.1. The summed E-state index contributed by atoms with van der Waals surface area (Å²) in [6.07, 6.45) is -4.57. The van der Waals surface area contributed by atoms with Gasteiger partial charge in [0.15, 0.2) is 12.2 Å². The molecular weight excluding hydrogens is 766 g/mol. The van der Waals surface area contributed by atoms with Crippen LogP contribution in [0.1, 0.15) is 58.9 Å². The molecule has 1 aromatic heterocycles. The highest BCUT2D eigenvalue weighted by molar-refractivity contribution is 9.10. The molecule has 0 bridgehead atoms. The first-order valence-electron chi connectivity index (χ1n) is 15.3. The van der Waals surface area contributed by atoms with E-state index in [1.807, 2.05) is 0 Å². The van der Waals surface area contributed by atoms with E-state index in [1.54, 1.807) is 12.1 Å². The number of benzene rings is 3. The molecule has 4 aromatic rings. The number of nitrogens with two attached hydrogens (primary N) is 1. The molecule has 0 saturated heterocycles. The highest BCUT2D eigenvalue weighted by atomic mass is 79.9. The summed E-state index contributed by atoms with van der Waals surface area (Å²) < 4.78 is 66.8. The van der Waals surface area contributed by atoms with Crippen molar-refractivity contribution in [2.24, 2.45) is 5.73 Å². The van der Waals surface area contributed by atoms with E-state index >= 15 is 4.39 Å². The molecule has 270 valence electrons. The van der Waals surface area contributed by atoms with Gasteiger partial charge in [0.05, 0.1) is 29.0 Å². The normalized spacial score (nSPS) is 13.7. The summed E-state index contributed by atoms with van der Waals surface area (Å²) in [6.45, 7) is 2.78. The van der Waals surface area contributed by atoms with Gasteiger partial charge in [-0.3, -0.25) is 23.5 Å². The number of carbonyl (C=O) groups is 3. The average Bonchev–Trinajstić information content (AvgIpc) is 3.35. The minimum atomic E-state index is -4.57. The van der Waals surface area contributed by atoms with Crippen LogP contribution in [0.2, 0.25) is 5.02 Å². The van der Waals surface area contributed by atoms with Crippen LogP contribution in [0.4, 0.5) is 17.6 Å². The van der Waals surface area contributed by atoms with E-state index in [2.05, 4.69) is 21.2 Å². The summed E-state index contributed by atoms with van der Waals surface area (Å²) in [5.41, 5.74) is 3.72. The number of aromatic nitrogens is 2. The Morgan fingerprint density at radius 3 is 2.29 bits per heavy atom. The predicted octanol–water partition coefficient (Wildman–Crippen LogP) is 5.92. The number of carbonyl (C=O) groups excluding carboxylic acids is 3. The summed E-state index contributed by atoms with van der Waals surface area (Å²) in [5, 5.41) is 3.01. The lowest BCUT2D eigenvalue weighted by Gasteiger charge is -2.28. The third-order valence-electron chi connectivity index (χ3n) is 8.10. The number of hydrogen-bond donors (Lipinski definition) is 2. The van der Waals surface area contributed by atoms with Gasteiger partial charge in [0, 0.05) is 34.8 Å². The molecule has 0 unspecified atom stereocenters. The molecule has 2 heterocycles. The summed E-state index contributed by atoms with van der Waals surface area (Å²) in [4.78, 5) is 54.6. The molecule has 0 saturated carbocycles. The van der Waals surface area contributed by atoms with Crippen molar-refractivity contribution in [3.63, 3.8) is 0 Å². The van der Waals surface area contributed by atoms with Crippen LogP contribution < -0.4 is 26.2 Å². The number of ether oxygens (including phenoxy) is 2. The van der Waals surface area contributed by atoms with Gasteiger partial charge < -0.3 is 25.4 Å². The van der Waals surface area contributed by atoms with Gasteiger partial charge in [-0.25, -0.2) is 9.18 Å². The van der Waals surface area contributed by atoms with Gasteiger partial charge >= 0.3 is 11.9 Å². The van der Waals surface area contributed by atoms with Crippen LogP contribution in [-0.2, 0) is 17.9 Å². The van der Waals surface area contributed by atoms with Gasteiger partial charge in [0.25, 0.3) is 17.7 Å². The largest absolute Gasteiger partial charge is 0.484 e. The number of fused-ring (bicyclic) bond motifs is 1. The first kappa shape index (κ1) is 37.4. The molecule has 0 aliphatic carbocycles. The zero-order valence-electron chi connectivity index (χ0n) is 27.3. The van der Waals surface area contributed by atoms with Crippen molar-refractivity contribution in [3.05, 3.63) is 109 Å². The number of primary amides is 1. The van der Waals surface area contributed by atoms with Crippen molar-refractivity contribution in [1.82, 2.24) is 19.4 Å².